The molecule has 1 aromatic heterocycles. The quantitative estimate of drug-likeness (QED) is 0.586. The van der Waals surface area contributed by atoms with Gasteiger partial charge in [-0.3, -0.25) is 4.79 Å². The summed E-state index contributed by atoms with van der Waals surface area (Å²) < 4.78 is 1.71. The van der Waals surface area contributed by atoms with Crippen molar-refractivity contribution in [2.75, 3.05) is 0 Å². The predicted molar refractivity (Wildman–Crippen MR) is 117 cm³/mol. The van der Waals surface area contributed by atoms with Crippen molar-refractivity contribution in [3.05, 3.63) is 108 Å². The van der Waals surface area contributed by atoms with E-state index in [1.54, 1.807) is 4.68 Å². The summed E-state index contributed by atoms with van der Waals surface area (Å²) in [6.45, 7) is 0.579. The van der Waals surface area contributed by atoms with Gasteiger partial charge in [-0.1, -0.05) is 96.3 Å². The summed E-state index contributed by atoms with van der Waals surface area (Å²) in [6, 6.07) is 19.8. The maximum absolute atomic E-state index is 13.1. The number of rotatable bonds is 6. The number of benzene rings is 2. The highest BCUT2D eigenvalue weighted by Crippen LogP contribution is 2.34. The topological polar surface area (TPSA) is 51.0 Å². The number of likely N-dealkylation sites (tertiary alicyclic amines) is 1. The third-order valence-corrected chi connectivity index (χ3v) is 5.56. The molecule has 2 aromatic carbocycles. The van der Waals surface area contributed by atoms with Crippen LogP contribution in [-0.2, 0) is 11.3 Å². The Labute approximate surface area is 175 Å². The molecule has 30 heavy (non-hydrogen) atoms. The number of aromatic nitrogens is 3. The highest BCUT2D eigenvalue weighted by molar-refractivity contribution is 5.89. The number of carbonyl (C=O) groups excluding carboxylic acids is 1. The van der Waals surface area contributed by atoms with Gasteiger partial charge in [0.25, 0.3) is 5.91 Å². The molecule has 1 unspecified atom stereocenters. The number of β-lactam (4-membered cyclic amide) rings is 1. The summed E-state index contributed by atoms with van der Waals surface area (Å²) in [5.41, 5.74) is 4.09. The summed E-state index contributed by atoms with van der Waals surface area (Å²) in [7, 11) is 0. The Morgan fingerprint density at radius 3 is 2.53 bits per heavy atom. The van der Waals surface area contributed by atoms with E-state index >= 15 is 0 Å². The molecular formula is C25H22N4O. The molecule has 5 nitrogen and oxygen atoms in total. The van der Waals surface area contributed by atoms with Gasteiger partial charge in [0, 0.05) is 6.54 Å². The van der Waals surface area contributed by atoms with Crippen LogP contribution in [0.15, 0.2) is 91.2 Å². The average molecular weight is 394 g/mol. The van der Waals surface area contributed by atoms with Crippen molar-refractivity contribution in [3.8, 4) is 0 Å². The minimum atomic E-state index is -0.374. The van der Waals surface area contributed by atoms with Gasteiger partial charge in [0.1, 0.15) is 5.69 Å². The van der Waals surface area contributed by atoms with Crippen LogP contribution in [0.25, 0.3) is 11.6 Å². The van der Waals surface area contributed by atoms with Gasteiger partial charge in [-0.05, 0) is 23.1 Å². The van der Waals surface area contributed by atoms with Crippen molar-refractivity contribution in [3.63, 3.8) is 0 Å². The highest BCUT2D eigenvalue weighted by atomic mass is 16.2. The van der Waals surface area contributed by atoms with Crippen LogP contribution < -0.4 is 0 Å². The number of nitrogens with zero attached hydrogens (tertiary/aromatic N) is 4. The molecule has 148 valence electrons. The molecule has 0 radical (unpaired) electrons. The van der Waals surface area contributed by atoms with E-state index in [0.717, 1.165) is 28.8 Å². The van der Waals surface area contributed by atoms with E-state index < -0.39 is 0 Å². The summed E-state index contributed by atoms with van der Waals surface area (Å²) in [5.74, 6) is 0.0639. The zero-order valence-corrected chi connectivity index (χ0v) is 16.5. The maximum Gasteiger partial charge on any atom is 0.250 e. The fourth-order valence-electron chi connectivity index (χ4n) is 3.96. The lowest BCUT2D eigenvalue weighted by Gasteiger charge is -2.45. The standard InChI is InChI=1S/C25H22N4O/c30-25-24(29-18-22(26-27-29)21-13-7-8-14-21)23(16-15-19-9-3-1-4-10-19)28(25)17-20-11-5-2-6-12-20/h1-7,9-16,18,23-24H,8,17H2/b16-15+/t23-,24?/m1/s1. The number of amides is 1. The fourth-order valence-corrected chi connectivity index (χ4v) is 3.96. The summed E-state index contributed by atoms with van der Waals surface area (Å²) in [4.78, 5) is 15.0. The second kappa shape index (κ2) is 7.95. The van der Waals surface area contributed by atoms with Gasteiger partial charge in [0.05, 0.1) is 12.2 Å². The van der Waals surface area contributed by atoms with Gasteiger partial charge in [-0.25, -0.2) is 4.68 Å². The number of hydrogen-bond acceptors (Lipinski definition) is 3. The van der Waals surface area contributed by atoms with Gasteiger partial charge in [0.15, 0.2) is 6.04 Å². The Morgan fingerprint density at radius 2 is 1.80 bits per heavy atom. The van der Waals surface area contributed by atoms with Crippen molar-refractivity contribution in [2.24, 2.45) is 0 Å². The fraction of sp³-hybridized carbons (Fsp3) is 0.160. The average Bonchev–Trinajstić information content (AvgIpc) is 3.48. The van der Waals surface area contributed by atoms with Crippen molar-refractivity contribution in [2.45, 2.75) is 25.0 Å². The molecule has 1 saturated heterocycles. The second-order valence-electron chi connectivity index (χ2n) is 7.54. The first-order valence-corrected chi connectivity index (χ1v) is 10.2. The van der Waals surface area contributed by atoms with Crippen molar-refractivity contribution in [1.29, 1.82) is 0 Å². The molecule has 0 saturated carbocycles. The molecular weight excluding hydrogens is 372 g/mol. The molecule has 2 atom stereocenters. The number of allylic oxidation sites excluding steroid dienone is 4. The zero-order chi connectivity index (χ0) is 20.3. The Balaban J connectivity index is 1.42. The Bertz CT molecular complexity index is 1130. The minimum absolute atomic E-state index is 0.0639. The van der Waals surface area contributed by atoms with Crippen LogP contribution in [0, 0.1) is 0 Å². The number of hydrogen-bond donors (Lipinski definition) is 0. The first-order chi connectivity index (χ1) is 14.8. The lowest BCUT2D eigenvalue weighted by molar-refractivity contribution is -0.153. The van der Waals surface area contributed by atoms with E-state index in [0.29, 0.717) is 6.54 Å². The lowest BCUT2D eigenvalue weighted by atomic mass is 9.93. The SMILES string of the molecule is O=C1C(n2cc(C3=CCC=C3)nn2)[C@@H](/C=C/c2ccccc2)N1Cc1ccccc1. The molecule has 0 N–H and O–H groups in total. The molecule has 2 heterocycles. The smallest absolute Gasteiger partial charge is 0.250 e. The Kier molecular flexibility index (Phi) is 4.85. The van der Waals surface area contributed by atoms with Crippen LogP contribution in [0.4, 0.5) is 0 Å². The van der Waals surface area contributed by atoms with E-state index in [9.17, 15) is 4.79 Å². The third kappa shape index (κ3) is 3.50. The van der Waals surface area contributed by atoms with E-state index in [-0.39, 0.29) is 18.0 Å². The summed E-state index contributed by atoms with van der Waals surface area (Å²) in [5, 5.41) is 8.59. The van der Waals surface area contributed by atoms with Crippen LogP contribution in [0.2, 0.25) is 0 Å². The van der Waals surface area contributed by atoms with Gasteiger partial charge in [-0.2, -0.15) is 0 Å². The van der Waals surface area contributed by atoms with E-state index in [4.69, 9.17) is 0 Å². The van der Waals surface area contributed by atoms with Crippen molar-refractivity contribution < 1.29 is 4.79 Å². The van der Waals surface area contributed by atoms with E-state index in [2.05, 4.69) is 46.7 Å². The zero-order valence-electron chi connectivity index (χ0n) is 16.5. The molecule has 1 aliphatic carbocycles. The van der Waals surface area contributed by atoms with Gasteiger partial charge in [0.2, 0.25) is 0 Å². The van der Waals surface area contributed by atoms with Crippen LogP contribution in [0.3, 0.4) is 0 Å². The Morgan fingerprint density at radius 1 is 1.03 bits per heavy atom. The highest BCUT2D eigenvalue weighted by Gasteiger charge is 2.47. The molecule has 5 rings (SSSR count). The molecule has 3 aromatic rings. The van der Waals surface area contributed by atoms with Crippen LogP contribution in [0.1, 0.15) is 29.3 Å². The first-order valence-electron chi connectivity index (χ1n) is 10.2. The summed E-state index contributed by atoms with van der Waals surface area (Å²) >= 11 is 0. The molecule has 0 bridgehead atoms. The largest absolute Gasteiger partial charge is 0.327 e. The van der Waals surface area contributed by atoms with Crippen LogP contribution in [-0.4, -0.2) is 31.8 Å². The van der Waals surface area contributed by atoms with Gasteiger partial charge in [-0.15, -0.1) is 5.10 Å². The molecule has 5 heteroatoms. The predicted octanol–water partition coefficient (Wildman–Crippen LogP) is 4.29. The first kappa shape index (κ1) is 18.3. The van der Waals surface area contributed by atoms with E-state index in [1.807, 2.05) is 65.7 Å². The molecule has 2 aliphatic rings. The third-order valence-electron chi connectivity index (χ3n) is 5.56. The second-order valence-corrected chi connectivity index (χ2v) is 7.54. The normalized spacial score (nSPS) is 20.6. The van der Waals surface area contributed by atoms with Crippen molar-refractivity contribution in [1.82, 2.24) is 19.9 Å². The van der Waals surface area contributed by atoms with Crippen LogP contribution >= 0.6 is 0 Å². The van der Waals surface area contributed by atoms with Crippen molar-refractivity contribution >= 4 is 17.6 Å². The van der Waals surface area contributed by atoms with Gasteiger partial charge < -0.3 is 4.90 Å². The molecule has 0 spiro atoms. The minimum Gasteiger partial charge on any atom is -0.327 e. The van der Waals surface area contributed by atoms with Crippen LogP contribution in [0.5, 0.6) is 0 Å². The maximum atomic E-state index is 13.1. The molecule has 1 amide bonds. The summed E-state index contributed by atoms with van der Waals surface area (Å²) in [6.07, 6.45) is 13.2. The Hall–Kier alpha value is -3.73. The number of carbonyl (C=O) groups is 1. The molecule has 1 aliphatic heterocycles. The monoisotopic (exact) mass is 394 g/mol. The van der Waals surface area contributed by atoms with Gasteiger partial charge >= 0.3 is 0 Å². The van der Waals surface area contributed by atoms with E-state index in [1.165, 1.54) is 0 Å². The lowest BCUT2D eigenvalue weighted by Crippen LogP contribution is -2.59. The molecule has 1 fully saturated rings.